The number of thioether (sulfide) groups is 1. The van der Waals surface area contributed by atoms with Crippen LogP contribution < -0.4 is 4.74 Å². The molecule has 0 heterocycles. The molecule has 0 aliphatic carbocycles. The van der Waals surface area contributed by atoms with E-state index in [1.54, 1.807) is 18.9 Å². The van der Waals surface area contributed by atoms with E-state index in [9.17, 15) is 4.79 Å². The molecule has 1 aromatic carbocycles. The fourth-order valence-electron chi connectivity index (χ4n) is 1.18. The average Bonchev–Trinajstić information content (AvgIpc) is 2.29. The zero-order chi connectivity index (χ0) is 12.7. The van der Waals surface area contributed by atoms with E-state index in [-0.39, 0.29) is 12.1 Å². The molecule has 0 spiro atoms. The Morgan fingerprint density at radius 2 is 2.00 bits per heavy atom. The minimum Gasteiger partial charge on any atom is -0.497 e. The van der Waals surface area contributed by atoms with Crippen molar-refractivity contribution in [3.8, 4) is 5.75 Å². The van der Waals surface area contributed by atoms with Crippen molar-refractivity contribution in [3.05, 3.63) is 35.7 Å². The summed E-state index contributed by atoms with van der Waals surface area (Å²) in [6, 6.07) is 7.77. The van der Waals surface area contributed by atoms with Gasteiger partial charge in [-0.05, 0) is 42.7 Å². The van der Waals surface area contributed by atoms with Gasteiger partial charge in [0.15, 0.2) is 0 Å². The van der Waals surface area contributed by atoms with Gasteiger partial charge >= 0.3 is 5.97 Å². The second-order valence-corrected chi connectivity index (χ2v) is 4.42. The summed E-state index contributed by atoms with van der Waals surface area (Å²) in [5.41, 5.74) is 0. The molecule has 0 fully saturated rings. The number of hydrogen-bond acceptors (Lipinski definition) is 4. The minimum absolute atomic E-state index is 0.196. The van der Waals surface area contributed by atoms with Crippen molar-refractivity contribution in [1.29, 1.82) is 0 Å². The number of benzene rings is 1. The number of ether oxygens (including phenoxy) is 2. The Morgan fingerprint density at radius 3 is 2.53 bits per heavy atom. The van der Waals surface area contributed by atoms with Gasteiger partial charge in [0.05, 0.1) is 7.11 Å². The molecule has 0 radical (unpaired) electrons. The predicted octanol–water partition coefficient (Wildman–Crippen LogP) is 3.25. The van der Waals surface area contributed by atoms with Gasteiger partial charge in [-0.15, -0.1) is 0 Å². The van der Waals surface area contributed by atoms with E-state index >= 15 is 0 Å². The summed E-state index contributed by atoms with van der Waals surface area (Å²) in [5, 5.41) is 1.91. The van der Waals surface area contributed by atoms with Crippen LogP contribution in [0, 0.1) is 0 Å². The van der Waals surface area contributed by atoms with Gasteiger partial charge in [0.1, 0.15) is 11.9 Å². The highest BCUT2D eigenvalue weighted by molar-refractivity contribution is 8.02. The summed E-state index contributed by atoms with van der Waals surface area (Å²) >= 11 is 1.57. The van der Waals surface area contributed by atoms with Crippen molar-refractivity contribution in [2.24, 2.45) is 0 Å². The maximum atomic E-state index is 10.7. The fraction of sp³-hybridized carbons (Fsp3) is 0.308. The van der Waals surface area contributed by atoms with E-state index in [2.05, 4.69) is 0 Å². The molecule has 1 unspecified atom stereocenters. The standard InChI is InChI=1S/C13H16O3S/c1-10(16-11(2)14)8-9-17-13-6-4-12(15-3)5-7-13/h4-10H,1-3H3/b9-8-. The lowest BCUT2D eigenvalue weighted by molar-refractivity contribution is -0.143. The minimum atomic E-state index is -0.267. The van der Waals surface area contributed by atoms with E-state index in [0.717, 1.165) is 10.6 Å². The predicted molar refractivity (Wildman–Crippen MR) is 69.2 cm³/mol. The zero-order valence-electron chi connectivity index (χ0n) is 10.2. The van der Waals surface area contributed by atoms with Crippen LogP contribution in [0.4, 0.5) is 0 Å². The fourth-order valence-corrected chi connectivity index (χ4v) is 1.93. The lowest BCUT2D eigenvalue weighted by atomic mass is 10.3. The van der Waals surface area contributed by atoms with Gasteiger partial charge in [0.2, 0.25) is 0 Å². The number of hydrogen-bond donors (Lipinski definition) is 0. The van der Waals surface area contributed by atoms with E-state index in [1.165, 1.54) is 6.92 Å². The van der Waals surface area contributed by atoms with Crippen LogP contribution in [-0.2, 0) is 9.53 Å². The third-order valence-corrected chi connectivity index (χ3v) is 2.80. The molecule has 0 saturated heterocycles. The van der Waals surface area contributed by atoms with Crippen molar-refractivity contribution >= 4 is 17.7 Å². The SMILES string of the molecule is COc1ccc(S/C=C\C(C)OC(C)=O)cc1. The summed E-state index contributed by atoms with van der Waals surface area (Å²) in [5.74, 6) is 0.572. The number of carbonyl (C=O) groups excluding carboxylic acids is 1. The quantitative estimate of drug-likeness (QED) is 0.595. The number of methoxy groups -OCH3 is 1. The Balaban J connectivity index is 2.43. The molecule has 0 N–H and O–H groups in total. The molecule has 1 atom stereocenters. The van der Waals surface area contributed by atoms with Gasteiger partial charge in [-0.25, -0.2) is 0 Å². The molecule has 1 aromatic rings. The maximum absolute atomic E-state index is 10.7. The van der Waals surface area contributed by atoms with Crippen LogP contribution in [0.25, 0.3) is 0 Å². The molecule has 0 amide bonds. The lowest BCUT2D eigenvalue weighted by Crippen LogP contribution is -2.08. The van der Waals surface area contributed by atoms with Gasteiger partial charge in [0, 0.05) is 11.8 Å². The Labute approximate surface area is 106 Å². The number of rotatable bonds is 5. The van der Waals surface area contributed by atoms with E-state index in [1.807, 2.05) is 42.7 Å². The normalized spacial score (nSPS) is 12.4. The second kappa shape index (κ2) is 7.01. The Morgan fingerprint density at radius 1 is 1.35 bits per heavy atom. The van der Waals surface area contributed by atoms with Crippen molar-refractivity contribution in [2.75, 3.05) is 7.11 Å². The Kier molecular flexibility index (Phi) is 5.63. The van der Waals surface area contributed by atoms with E-state index < -0.39 is 0 Å². The average molecular weight is 252 g/mol. The molecule has 1 rings (SSSR count). The summed E-state index contributed by atoms with van der Waals surface area (Å²) in [6.07, 6.45) is 1.65. The van der Waals surface area contributed by atoms with Gasteiger partial charge in [0.25, 0.3) is 0 Å². The first-order valence-corrected chi connectivity index (χ1v) is 6.14. The summed E-state index contributed by atoms with van der Waals surface area (Å²) < 4.78 is 10.0. The number of carbonyl (C=O) groups is 1. The summed E-state index contributed by atoms with van der Waals surface area (Å²) in [6.45, 7) is 3.23. The molecule has 0 aromatic heterocycles. The van der Waals surface area contributed by atoms with Crippen LogP contribution in [0.1, 0.15) is 13.8 Å². The topological polar surface area (TPSA) is 35.5 Å². The third kappa shape index (κ3) is 5.45. The second-order valence-electron chi connectivity index (χ2n) is 3.44. The van der Waals surface area contributed by atoms with Crippen LogP contribution in [0.2, 0.25) is 0 Å². The van der Waals surface area contributed by atoms with E-state index in [0.29, 0.717) is 0 Å². The molecule has 92 valence electrons. The van der Waals surface area contributed by atoms with Crippen molar-refractivity contribution in [2.45, 2.75) is 24.8 Å². The first-order chi connectivity index (χ1) is 8.11. The van der Waals surface area contributed by atoms with Gasteiger partial charge in [-0.1, -0.05) is 11.8 Å². The van der Waals surface area contributed by atoms with Crippen molar-refractivity contribution < 1.29 is 14.3 Å². The number of esters is 1. The Hall–Kier alpha value is -1.42. The molecular formula is C13H16O3S. The lowest BCUT2D eigenvalue weighted by Gasteiger charge is -2.05. The summed E-state index contributed by atoms with van der Waals surface area (Å²) in [7, 11) is 1.64. The molecule has 0 saturated carbocycles. The first-order valence-electron chi connectivity index (χ1n) is 5.26. The van der Waals surface area contributed by atoms with E-state index in [4.69, 9.17) is 9.47 Å². The van der Waals surface area contributed by atoms with Gasteiger partial charge < -0.3 is 9.47 Å². The molecule has 0 aliphatic rings. The summed E-state index contributed by atoms with van der Waals surface area (Å²) in [4.78, 5) is 11.8. The van der Waals surface area contributed by atoms with Gasteiger partial charge in [-0.2, -0.15) is 0 Å². The first kappa shape index (κ1) is 13.6. The molecule has 0 bridgehead atoms. The smallest absolute Gasteiger partial charge is 0.303 e. The molecule has 17 heavy (non-hydrogen) atoms. The molecule has 4 heteroatoms. The van der Waals surface area contributed by atoms with Crippen molar-refractivity contribution in [1.82, 2.24) is 0 Å². The third-order valence-electron chi connectivity index (χ3n) is 1.96. The molecule has 0 aliphatic heterocycles. The maximum Gasteiger partial charge on any atom is 0.303 e. The van der Waals surface area contributed by atoms with Crippen LogP contribution in [0.5, 0.6) is 5.75 Å². The largest absolute Gasteiger partial charge is 0.497 e. The monoisotopic (exact) mass is 252 g/mol. The van der Waals surface area contributed by atoms with Crippen LogP contribution >= 0.6 is 11.8 Å². The van der Waals surface area contributed by atoms with Gasteiger partial charge in [-0.3, -0.25) is 4.79 Å². The zero-order valence-corrected chi connectivity index (χ0v) is 11.0. The highest BCUT2D eigenvalue weighted by atomic mass is 32.2. The van der Waals surface area contributed by atoms with Crippen LogP contribution in [0.15, 0.2) is 40.6 Å². The highest BCUT2D eigenvalue weighted by Crippen LogP contribution is 2.22. The van der Waals surface area contributed by atoms with Crippen LogP contribution in [-0.4, -0.2) is 19.2 Å². The molecular weight excluding hydrogens is 236 g/mol. The Bertz CT molecular complexity index is 384. The van der Waals surface area contributed by atoms with Crippen molar-refractivity contribution in [3.63, 3.8) is 0 Å². The molecule has 3 nitrogen and oxygen atoms in total. The van der Waals surface area contributed by atoms with Crippen LogP contribution in [0.3, 0.4) is 0 Å². The highest BCUT2D eigenvalue weighted by Gasteiger charge is 1.99.